The van der Waals surface area contributed by atoms with Crippen molar-refractivity contribution in [1.82, 2.24) is 9.97 Å². The van der Waals surface area contributed by atoms with E-state index >= 15 is 0 Å². The van der Waals surface area contributed by atoms with Gasteiger partial charge < -0.3 is 9.97 Å². The third-order valence-corrected chi connectivity index (χ3v) is 5.22. The Bertz CT molecular complexity index is 1250. The Morgan fingerprint density at radius 1 is 0.657 bits per heavy atom. The quantitative estimate of drug-likeness (QED) is 0.185. The van der Waals surface area contributed by atoms with Crippen LogP contribution in [0, 0.1) is 24.1 Å². The van der Waals surface area contributed by atoms with Gasteiger partial charge in [0.05, 0.1) is 0 Å². The molecule has 0 atom stereocenters. The average Bonchev–Trinajstić information content (AvgIpc) is 2.90. The van der Waals surface area contributed by atoms with Crippen molar-refractivity contribution >= 4 is 0 Å². The molecule has 2 heterocycles. The molecule has 0 saturated carbocycles. The molecule has 0 aliphatic carbocycles. The maximum Gasteiger partial charge on any atom is 3.00 e. The zero-order valence-corrected chi connectivity index (χ0v) is 22.3. The van der Waals surface area contributed by atoms with Crippen LogP contribution < -0.4 is 0 Å². The molecule has 2 aromatic heterocycles. The standard InChI is InChI=1S/C21H20N.C11H7N.Ir/c1-16(2)13-17-11-12-22-21(14-17)20-10-6-9-19(15-20)18-7-4-3-5-8-18;1-2-6-10(7-3-1)11-8-4-5-9-12-11;/h3-9,11-12,14-16H,13H2,1-2H3;1-6,9H;/q-1;-2;+3. The summed E-state index contributed by atoms with van der Waals surface area (Å²) in [6.45, 7) is 4.48. The summed E-state index contributed by atoms with van der Waals surface area (Å²) in [6, 6.07) is 41.8. The van der Waals surface area contributed by atoms with E-state index in [9.17, 15) is 0 Å². The zero-order valence-electron chi connectivity index (χ0n) is 19.9. The Morgan fingerprint density at radius 3 is 2.14 bits per heavy atom. The van der Waals surface area contributed by atoms with Crippen molar-refractivity contribution in [2.75, 3.05) is 0 Å². The van der Waals surface area contributed by atoms with E-state index < -0.39 is 0 Å². The molecular weight excluding hydrogens is 605 g/mol. The van der Waals surface area contributed by atoms with Crippen LogP contribution in [0.15, 0.2) is 109 Å². The molecule has 0 aliphatic heterocycles. The summed E-state index contributed by atoms with van der Waals surface area (Å²) in [5.41, 5.74) is 7.62. The van der Waals surface area contributed by atoms with Crippen molar-refractivity contribution < 1.29 is 20.1 Å². The van der Waals surface area contributed by atoms with Crippen LogP contribution >= 0.6 is 0 Å². The minimum absolute atomic E-state index is 0. The van der Waals surface area contributed by atoms with Crippen molar-refractivity contribution in [2.24, 2.45) is 5.92 Å². The predicted octanol–water partition coefficient (Wildman–Crippen LogP) is 7.76. The van der Waals surface area contributed by atoms with E-state index in [0.29, 0.717) is 5.92 Å². The SMILES string of the molecule is CC(C)Cc1ccnc(-c2[c-]ccc(-c3ccccc3)c2)c1.[Ir+3].[c-]1ccccc1-c1[c-]cccn1. The smallest absolute Gasteiger partial charge is 0.344 e. The van der Waals surface area contributed by atoms with E-state index in [1.165, 1.54) is 16.7 Å². The van der Waals surface area contributed by atoms with Gasteiger partial charge in [-0.1, -0.05) is 55.8 Å². The number of pyridine rings is 2. The molecule has 174 valence electrons. The van der Waals surface area contributed by atoms with Crippen molar-refractivity contribution in [3.05, 3.63) is 133 Å². The monoisotopic (exact) mass is 632 g/mol. The van der Waals surface area contributed by atoms with Gasteiger partial charge >= 0.3 is 20.1 Å². The first kappa shape index (κ1) is 26.2. The first-order valence-electron chi connectivity index (χ1n) is 11.5. The number of nitrogens with zero attached hydrogens (tertiary/aromatic N) is 2. The fourth-order valence-electron chi connectivity index (χ4n) is 3.66. The number of benzene rings is 3. The van der Waals surface area contributed by atoms with E-state index in [0.717, 1.165) is 28.9 Å². The Balaban J connectivity index is 0.000000223. The van der Waals surface area contributed by atoms with Crippen LogP contribution in [0.25, 0.3) is 33.6 Å². The first-order valence-corrected chi connectivity index (χ1v) is 11.5. The van der Waals surface area contributed by atoms with Crippen molar-refractivity contribution in [1.29, 1.82) is 0 Å². The van der Waals surface area contributed by atoms with Gasteiger partial charge in [0.2, 0.25) is 0 Å². The van der Waals surface area contributed by atoms with Gasteiger partial charge in [0.15, 0.2) is 0 Å². The number of aromatic nitrogens is 2. The topological polar surface area (TPSA) is 25.8 Å². The molecule has 5 aromatic rings. The molecule has 0 bridgehead atoms. The molecule has 0 saturated heterocycles. The predicted molar refractivity (Wildman–Crippen MR) is 140 cm³/mol. The average molecular weight is 632 g/mol. The summed E-state index contributed by atoms with van der Waals surface area (Å²) in [5, 5.41) is 0. The van der Waals surface area contributed by atoms with Crippen molar-refractivity contribution in [3.63, 3.8) is 0 Å². The van der Waals surface area contributed by atoms with Gasteiger partial charge in [0, 0.05) is 6.20 Å². The van der Waals surface area contributed by atoms with Crippen LogP contribution in [0.2, 0.25) is 0 Å². The van der Waals surface area contributed by atoms with Crippen LogP contribution in [0.4, 0.5) is 0 Å². The molecule has 0 unspecified atom stereocenters. The molecule has 0 spiro atoms. The fourth-order valence-corrected chi connectivity index (χ4v) is 3.66. The summed E-state index contributed by atoms with van der Waals surface area (Å²) in [7, 11) is 0. The Hall–Kier alpha value is -3.39. The molecule has 3 heteroatoms. The third kappa shape index (κ3) is 7.82. The Morgan fingerprint density at radius 2 is 1.43 bits per heavy atom. The van der Waals surface area contributed by atoms with Crippen LogP contribution in [-0.2, 0) is 26.5 Å². The maximum atomic E-state index is 4.52. The van der Waals surface area contributed by atoms with Crippen LogP contribution in [0.3, 0.4) is 0 Å². The second-order valence-corrected chi connectivity index (χ2v) is 8.41. The minimum atomic E-state index is 0. The zero-order chi connectivity index (χ0) is 23.6. The third-order valence-electron chi connectivity index (χ3n) is 5.22. The van der Waals surface area contributed by atoms with E-state index in [2.05, 4.69) is 90.5 Å². The van der Waals surface area contributed by atoms with Crippen LogP contribution in [-0.4, -0.2) is 9.97 Å². The maximum absolute atomic E-state index is 4.52. The molecule has 2 nitrogen and oxygen atoms in total. The molecule has 0 radical (unpaired) electrons. The number of hydrogen-bond donors (Lipinski definition) is 0. The van der Waals surface area contributed by atoms with Gasteiger partial charge in [-0.05, 0) is 35.9 Å². The van der Waals surface area contributed by atoms with Gasteiger partial charge in [-0.2, -0.15) is 24.3 Å². The normalized spacial score (nSPS) is 10.1. The van der Waals surface area contributed by atoms with E-state index in [1.54, 1.807) is 6.20 Å². The molecule has 3 aromatic carbocycles. The Kier molecular flexibility index (Phi) is 10.1. The minimum Gasteiger partial charge on any atom is -0.344 e. The molecule has 0 fully saturated rings. The summed E-state index contributed by atoms with van der Waals surface area (Å²) in [6.07, 6.45) is 4.73. The molecule has 5 rings (SSSR count). The number of hydrogen-bond acceptors (Lipinski definition) is 2. The van der Waals surface area contributed by atoms with E-state index in [-0.39, 0.29) is 20.1 Å². The Labute approximate surface area is 222 Å². The molecule has 0 aliphatic rings. The molecule has 35 heavy (non-hydrogen) atoms. The van der Waals surface area contributed by atoms with E-state index in [1.807, 2.05) is 54.7 Å². The first-order chi connectivity index (χ1) is 16.7. The summed E-state index contributed by atoms with van der Waals surface area (Å²) in [5.74, 6) is 0.648. The van der Waals surface area contributed by atoms with Crippen molar-refractivity contribution in [3.8, 4) is 33.6 Å². The van der Waals surface area contributed by atoms with Gasteiger partial charge in [0.25, 0.3) is 0 Å². The molecule has 0 amide bonds. The van der Waals surface area contributed by atoms with Gasteiger partial charge in [-0.3, -0.25) is 0 Å². The largest absolute Gasteiger partial charge is 3.00 e. The summed E-state index contributed by atoms with van der Waals surface area (Å²) in [4.78, 5) is 8.68. The summed E-state index contributed by atoms with van der Waals surface area (Å²) < 4.78 is 0. The van der Waals surface area contributed by atoms with E-state index in [4.69, 9.17) is 0 Å². The van der Waals surface area contributed by atoms with Crippen LogP contribution in [0.1, 0.15) is 19.4 Å². The molecular formula is C32H27IrN2. The fraction of sp³-hybridized carbons (Fsp3) is 0.125. The molecule has 0 N–H and O–H groups in total. The van der Waals surface area contributed by atoms with Gasteiger partial charge in [-0.25, -0.2) is 17.7 Å². The van der Waals surface area contributed by atoms with Gasteiger partial charge in [0.1, 0.15) is 0 Å². The van der Waals surface area contributed by atoms with Crippen LogP contribution in [0.5, 0.6) is 0 Å². The second kappa shape index (κ2) is 13.5. The van der Waals surface area contributed by atoms with Crippen molar-refractivity contribution in [2.45, 2.75) is 20.3 Å². The number of rotatable bonds is 5. The van der Waals surface area contributed by atoms with Gasteiger partial charge in [-0.15, -0.1) is 53.2 Å². The summed E-state index contributed by atoms with van der Waals surface area (Å²) >= 11 is 0. The second-order valence-electron chi connectivity index (χ2n) is 8.41.